The van der Waals surface area contributed by atoms with E-state index in [9.17, 15) is 0 Å². The lowest BCUT2D eigenvalue weighted by Gasteiger charge is -2.05. The number of imidazole rings is 1. The fourth-order valence-corrected chi connectivity index (χ4v) is 1.77. The second-order valence-electron chi connectivity index (χ2n) is 3.81. The summed E-state index contributed by atoms with van der Waals surface area (Å²) in [4.78, 5) is 4.16. The molecule has 0 aliphatic rings. The Morgan fingerprint density at radius 1 is 1.40 bits per heavy atom. The van der Waals surface area contributed by atoms with Crippen molar-refractivity contribution < 1.29 is 0 Å². The van der Waals surface area contributed by atoms with Gasteiger partial charge in [0.1, 0.15) is 0 Å². The van der Waals surface area contributed by atoms with E-state index in [1.54, 1.807) is 6.20 Å². The minimum Gasteiger partial charge on any atom is -0.369 e. The molecule has 0 radical (unpaired) electrons. The summed E-state index contributed by atoms with van der Waals surface area (Å²) in [6, 6.07) is 7.63. The molecule has 1 aromatic heterocycles. The smallest absolute Gasteiger partial charge is 0.211 e. The minimum absolute atomic E-state index is 0. The molecule has 20 heavy (non-hydrogen) atoms. The van der Waals surface area contributed by atoms with Crippen molar-refractivity contribution in [1.82, 2.24) is 9.55 Å². The molecule has 0 amide bonds. The quantitative estimate of drug-likeness (QED) is 0.510. The fraction of sp³-hybridized carbons (Fsp3) is 0.0833. The highest BCUT2D eigenvalue weighted by molar-refractivity contribution is 6.30. The Balaban J connectivity index is 0.00000200. The third kappa shape index (κ3) is 4.56. The molecule has 106 valence electrons. The maximum atomic E-state index is 5.95. The number of nitrogens with zero attached hydrogens (tertiary/aromatic N) is 4. The predicted molar refractivity (Wildman–Crippen MR) is 83.4 cm³/mol. The van der Waals surface area contributed by atoms with E-state index in [-0.39, 0.29) is 18.4 Å². The van der Waals surface area contributed by atoms with Gasteiger partial charge in [-0.05, 0) is 17.7 Å². The van der Waals surface area contributed by atoms with Crippen LogP contribution in [0.5, 0.6) is 0 Å². The normalized spacial score (nSPS) is 10.2. The fourth-order valence-electron chi connectivity index (χ4n) is 1.56. The number of hydrogen-bond acceptors (Lipinski definition) is 3. The lowest BCUT2D eigenvalue weighted by Crippen LogP contribution is -2.21. The zero-order valence-electron chi connectivity index (χ0n) is 10.5. The summed E-state index contributed by atoms with van der Waals surface area (Å²) >= 11 is 5.95. The van der Waals surface area contributed by atoms with Crippen LogP contribution in [-0.4, -0.2) is 21.7 Å². The molecule has 2 aromatic rings. The Bertz CT molecular complexity index is 616. The predicted octanol–water partition coefficient (Wildman–Crippen LogP) is 1.61. The van der Waals surface area contributed by atoms with Crippen molar-refractivity contribution in [3.8, 4) is 0 Å². The van der Waals surface area contributed by atoms with Gasteiger partial charge < -0.3 is 16.0 Å². The van der Waals surface area contributed by atoms with Crippen LogP contribution in [0, 0.1) is 0 Å². The number of guanidine groups is 1. The first-order valence-electron chi connectivity index (χ1n) is 5.52. The first-order valence-corrected chi connectivity index (χ1v) is 5.90. The van der Waals surface area contributed by atoms with Crippen molar-refractivity contribution in [3.63, 3.8) is 0 Å². The van der Waals surface area contributed by atoms with Crippen LogP contribution in [0.4, 0.5) is 0 Å². The van der Waals surface area contributed by atoms with Crippen LogP contribution in [0.25, 0.3) is 0 Å². The van der Waals surface area contributed by atoms with Crippen molar-refractivity contribution in [2.45, 2.75) is 6.54 Å². The van der Waals surface area contributed by atoms with E-state index in [1.165, 1.54) is 6.21 Å². The highest BCUT2D eigenvalue weighted by atomic mass is 35.5. The van der Waals surface area contributed by atoms with Crippen LogP contribution >= 0.6 is 24.0 Å². The number of hydrogen-bond donors (Lipinski definition) is 2. The molecular weight excluding hydrogens is 299 g/mol. The molecule has 0 unspecified atom stereocenters. The van der Waals surface area contributed by atoms with Gasteiger partial charge in [-0.3, -0.25) is 0 Å². The van der Waals surface area contributed by atoms with Crippen molar-refractivity contribution in [2.75, 3.05) is 0 Å². The van der Waals surface area contributed by atoms with Crippen LogP contribution in [-0.2, 0) is 6.54 Å². The largest absolute Gasteiger partial charge is 0.369 e. The Morgan fingerprint density at radius 3 is 2.90 bits per heavy atom. The molecule has 0 aliphatic heterocycles. The first-order chi connectivity index (χ1) is 9.15. The van der Waals surface area contributed by atoms with Gasteiger partial charge in [0.25, 0.3) is 0 Å². The Kier molecular flexibility index (Phi) is 6.02. The topological polar surface area (TPSA) is 94.6 Å². The molecule has 2 rings (SSSR count). The summed E-state index contributed by atoms with van der Waals surface area (Å²) in [6.45, 7) is 0.643. The van der Waals surface area contributed by atoms with Crippen LogP contribution in [0.1, 0.15) is 11.4 Å². The van der Waals surface area contributed by atoms with E-state index in [0.717, 1.165) is 5.56 Å². The van der Waals surface area contributed by atoms with Gasteiger partial charge >= 0.3 is 0 Å². The summed E-state index contributed by atoms with van der Waals surface area (Å²) < 4.78 is 1.91. The molecule has 0 bridgehead atoms. The molecule has 0 saturated carbocycles. The zero-order chi connectivity index (χ0) is 13.7. The third-order valence-electron chi connectivity index (χ3n) is 2.34. The Labute approximate surface area is 127 Å². The standard InChI is InChI=1S/C12H13ClN6.ClH/c13-10-3-1-2-9(6-10)8-19-5-4-16-11(19)7-17-18-12(14)15;/h1-7H,8H2,(H4,14,15,18);1H. The molecule has 1 aromatic carbocycles. The molecular formula is C12H14Cl2N6. The Morgan fingerprint density at radius 2 is 2.20 bits per heavy atom. The van der Waals surface area contributed by atoms with Gasteiger partial charge in [0.15, 0.2) is 5.82 Å². The molecule has 8 heteroatoms. The summed E-state index contributed by atoms with van der Waals surface area (Å²) in [7, 11) is 0. The first kappa shape index (κ1) is 16.0. The van der Waals surface area contributed by atoms with Gasteiger partial charge in [0, 0.05) is 24.0 Å². The number of aromatic nitrogens is 2. The van der Waals surface area contributed by atoms with Gasteiger partial charge in [0.2, 0.25) is 5.96 Å². The number of halogens is 2. The van der Waals surface area contributed by atoms with Crippen molar-refractivity contribution >= 4 is 36.2 Å². The van der Waals surface area contributed by atoms with E-state index in [0.29, 0.717) is 17.4 Å². The highest BCUT2D eigenvalue weighted by Crippen LogP contribution is 2.12. The van der Waals surface area contributed by atoms with E-state index < -0.39 is 0 Å². The van der Waals surface area contributed by atoms with Gasteiger partial charge in [-0.25, -0.2) is 4.98 Å². The summed E-state index contributed by atoms with van der Waals surface area (Å²) in [5, 5.41) is 7.97. The van der Waals surface area contributed by atoms with Crippen LogP contribution in [0.2, 0.25) is 5.02 Å². The van der Waals surface area contributed by atoms with Crippen LogP contribution < -0.4 is 11.5 Å². The van der Waals surface area contributed by atoms with Gasteiger partial charge in [0.05, 0.1) is 6.21 Å². The van der Waals surface area contributed by atoms with Crippen molar-refractivity contribution in [3.05, 3.63) is 53.1 Å². The van der Waals surface area contributed by atoms with E-state index in [2.05, 4.69) is 15.2 Å². The molecule has 0 spiro atoms. The minimum atomic E-state index is -0.0933. The van der Waals surface area contributed by atoms with Gasteiger partial charge in [-0.1, -0.05) is 23.7 Å². The molecule has 4 N–H and O–H groups in total. The van der Waals surface area contributed by atoms with E-state index >= 15 is 0 Å². The highest BCUT2D eigenvalue weighted by Gasteiger charge is 2.01. The van der Waals surface area contributed by atoms with Gasteiger partial charge in [-0.15, -0.1) is 17.5 Å². The monoisotopic (exact) mass is 312 g/mol. The maximum Gasteiger partial charge on any atom is 0.211 e. The second-order valence-corrected chi connectivity index (χ2v) is 4.25. The lowest BCUT2D eigenvalue weighted by molar-refractivity contribution is 0.789. The molecule has 0 fully saturated rings. The number of nitrogens with two attached hydrogens (primary N) is 2. The third-order valence-corrected chi connectivity index (χ3v) is 2.57. The second kappa shape index (κ2) is 7.52. The number of rotatable bonds is 4. The van der Waals surface area contributed by atoms with Crippen LogP contribution in [0.3, 0.4) is 0 Å². The van der Waals surface area contributed by atoms with E-state index in [4.69, 9.17) is 23.1 Å². The molecule has 6 nitrogen and oxygen atoms in total. The summed E-state index contributed by atoms with van der Waals surface area (Å²) in [5.41, 5.74) is 11.4. The average Bonchev–Trinajstić information content (AvgIpc) is 2.76. The summed E-state index contributed by atoms with van der Waals surface area (Å²) in [6.07, 6.45) is 5.02. The Hall–Kier alpha value is -2.05. The SMILES string of the molecule is Cl.NC(N)=NN=Cc1nccn1Cc1cccc(Cl)c1. The molecule has 0 atom stereocenters. The van der Waals surface area contributed by atoms with Crippen molar-refractivity contribution in [1.29, 1.82) is 0 Å². The number of benzene rings is 1. The van der Waals surface area contributed by atoms with Crippen LogP contribution in [0.15, 0.2) is 46.9 Å². The van der Waals surface area contributed by atoms with Gasteiger partial charge in [-0.2, -0.15) is 5.10 Å². The zero-order valence-corrected chi connectivity index (χ0v) is 12.1. The average molecular weight is 313 g/mol. The van der Waals surface area contributed by atoms with Crippen molar-refractivity contribution in [2.24, 2.45) is 21.7 Å². The maximum absolute atomic E-state index is 5.95. The molecule has 0 aliphatic carbocycles. The lowest BCUT2D eigenvalue weighted by atomic mass is 10.2. The molecule has 0 saturated heterocycles. The molecule has 1 heterocycles. The van der Waals surface area contributed by atoms with E-state index in [1.807, 2.05) is 35.0 Å². The summed E-state index contributed by atoms with van der Waals surface area (Å²) in [5.74, 6) is 0.564.